The number of carbonyl (C=O) groups is 1. The highest BCUT2D eigenvalue weighted by molar-refractivity contribution is 5.94. The number of carbonyl (C=O) groups excluding carboxylic acids is 1. The van der Waals surface area contributed by atoms with Gasteiger partial charge in [-0.25, -0.2) is 9.67 Å². The second-order valence-electron chi connectivity index (χ2n) is 6.72. The first-order chi connectivity index (χ1) is 12.8. The molecule has 1 amide bonds. The minimum atomic E-state index is 0.121. The SMILES string of the molecule is O=C(c1ccc(-n2cncn2)cc1)N1CCCCC1Cc1ccccc1. The highest BCUT2D eigenvalue weighted by Gasteiger charge is 2.27. The van der Waals surface area contributed by atoms with E-state index in [1.54, 1.807) is 11.0 Å². The lowest BCUT2D eigenvalue weighted by atomic mass is 9.95. The van der Waals surface area contributed by atoms with Crippen molar-refractivity contribution >= 4 is 5.91 Å². The Balaban J connectivity index is 1.51. The molecule has 5 nitrogen and oxygen atoms in total. The maximum absolute atomic E-state index is 13.1. The normalized spacial score (nSPS) is 17.2. The molecule has 0 spiro atoms. The fourth-order valence-electron chi connectivity index (χ4n) is 3.63. The van der Waals surface area contributed by atoms with Gasteiger partial charge >= 0.3 is 0 Å². The summed E-state index contributed by atoms with van der Waals surface area (Å²) >= 11 is 0. The molecule has 1 fully saturated rings. The molecule has 0 saturated carbocycles. The summed E-state index contributed by atoms with van der Waals surface area (Å²) in [6, 6.07) is 18.3. The molecule has 1 saturated heterocycles. The van der Waals surface area contributed by atoms with Crippen molar-refractivity contribution in [3.63, 3.8) is 0 Å². The average molecular weight is 346 g/mol. The third-order valence-electron chi connectivity index (χ3n) is 5.00. The van der Waals surface area contributed by atoms with Gasteiger partial charge in [-0.15, -0.1) is 0 Å². The lowest BCUT2D eigenvalue weighted by Gasteiger charge is -2.36. The summed E-state index contributed by atoms with van der Waals surface area (Å²) in [6.45, 7) is 0.834. The van der Waals surface area contributed by atoms with Gasteiger partial charge in [0.1, 0.15) is 12.7 Å². The van der Waals surface area contributed by atoms with Crippen molar-refractivity contribution in [1.29, 1.82) is 0 Å². The number of piperidine rings is 1. The molecular weight excluding hydrogens is 324 g/mol. The lowest BCUT2D eigenvalue weighted by molar-refractivity contribution is 0.0613. The minimum absolute atomic E-state index is 0.121. The van der Waals surface area contributed by atoms with Gasteiger partial charge in [0.25, 0.3) is 5.91 Å². The molecule has 0 aliphatic carbocycles. The Morgan fingerprint density at radius 2 is 1.85 bits per heavy atom. The predicted octanol–water partition coefficient (Wildman–Crippen LogP) is 3.50. The second kappa shape index (κ2) is 7.52. The Morgan fingerprint density at radius 1 is 1.04 bits per heavy atom. The lowest BCUT2D eigenvalue weighted by Crippen LogP contribution is -2.44. The fraction of sp³-hybridized carbons (Fsp3) is 0.286. The summed E-state index contributed by atoms with van der Waals surface area (Å²) in [5.41, 5.74) is 2.92. The Morgan fingerprint density at radius 3 is 2.58 bits per heavy atom. The number of likely N-dealkylation sites (tertiary alicyclic amines) is 1. The molecular formula is C21H22N4O. The molecule has 1 unspecified atom stereocenters. The second-order valence-corrected chi connectivity index (χ2v) is 6.72. The number of hydrogen-bond donors (Lipinski definition) is 0. The minimum Gasteiger partial charge on any atom is -0.335 e. The predicted molar refractivity (Wildman–Crippen MR) is 100 cm³/mol. The van der Waals surface area contributed by atoms with E-state index in [0.29, 0.717) is 0 Å². The molecule has 5 heteroatoms. The Kier molecular flexibility index (Phi) is 4.78. The van der Waals surface area contributed by atoms with Crippen LogP contribution >= 0.6 is 0 Å². The van der Waals surface area contributed by atoms with E-state index in [1.165, 1.54) is 18.3 Å². The molecule has 1 aliphatic heterocycles. The summed E-state index contributed by atoms with van der Waals surface area (Å²) in [5.74, 6) is 0.121. The van der Waals surface area contributed by atoms with Crippen LogP contribution in [0, 0.1) is 0 Å². The molecule has 0 bridgehead atoms. The van der Waals surface area contributed by atoms with E-state index in [-0.39, 0.29) is 11.9 Å². The fourth-order valence-corrected chi connectivity index (χ4v) is 3.63. The number of hydrogen-bond acceptors (Lipinski definition) is 3. The molecule has 4 rings (SSSR count). The molecule has 0 N–H and O–H groups in total. The van der Waals surface area contributed by atoms with E-state index in [4.69, 9.17) is 0 Å². The van der Waals surface area contributed by atoms with E-state index in [2.05, 4.69) is 39.2 Å². The topological polar surface area (TPSA) is 51.0 Å². The van der Waals surface area contributed by atoms with E-state index in [0.717, 1.165) is 37.1 Å². The average Bonchev–Trinajstić information content (AvgIpc) is 3.24. The maximum Gasteiger partial charge on any atom is 0.254 e. The Bertz CT molecular complexity index is 843. The molecule has 1 aliphatic rings. The zero-order chi connectivity index (χ0) is 17.8. The van der Waals surface area contributed by atoms with Crippen LogP contribution in [0.3, 0.4) is 0 Å². The van der Waals surface area contributed by atoms with E-state index < -0.39 is 0 Å². The van der Waals surface area contributed by atoms with Crippen LogP contribution in [-0.2, 0) is 6.42 Å². The third kappa shape index (κ3) is 3.52. The van der Waals surface area contributed by atoms with Crippen molar-refractivity contribution in [3.05, 3.63) is 78.4 Å². The molecule has 2 heterocycles. The van der Waals surface area contributed by atoms with Gasteiger partial charge in [0.15, 0.2) is 0 Å². The van der Waals surface area contributed by atoms with Crippen LogP contribution in [0.15, 0.2) is 67.3 Å². The third-order valence-corrected chi connectivity index (χ3v) is 5.00. The first kappa shape index (κ1) is 16.5. The van der Waals surface area contributed by atoms with Crippen LogP contribution in [0.25, 0.3) is 5.69 Å². The largest absolute Gasteiger partial charge is 0.335 e. The van der Waals surface area contributed by atoms with E-state index in [9.17, 15) is 4.79 Å². The molecule has 1 aromatic heterocycles. The molecule has 3 aromatic rings. The zero-order valence-electron chi connectivity index (χ0n) is 14.7. The van der Waals surface area contributed by atoms with Crippen LogP contribution < -0.4 is 0 Å². The maximum atomic E-state index is 13.1. The Hall–Kier alpha value is -2.95. The van der Waals surface area contributed by atoms with Gasteiger partial charge in [-0.2, -0.15) is 5.10 Å². The van der Waals surface area contributed by atoms with Gasteiger partial charge in [0.05, 0.1) is 5.69 Å². The summed E-state index contributed by atoms with van der Waals surface area (Å²) in [6.07, 6.45) is 7.40. The van der Waals surface area contributed by atoms with Crippen LogP contribution in [0.2, 0.25) is 0 Å². The van der Waals surface area contributed by atoms with Crippen molar-refractivity contribution in [2.75, 3.05) is 6.54 Å². The van der Waals surface area contributed by atoms with Gasteiger partial charge in [0.2, 0.25) is 0 Å². The Labute approximate surface area is 153 Å². The molecule has 0 radical (unpaired) electrons. The quantitative estimate of drug-likeness (QED) is 0.726. The number of aromatic nitrogens is 3. The van der Waals surface area contributed by atoms with Gasteiger partial charge < -0.3 is 4.90 Å². The number of benzene rings is 2. The molecule has 26 heavy (non-hydrogen) atoms. The van der Waals surface area contributed by atoms with Crippen molar-refractivity contribution in [2.45, 2.75) is 31.7 Å². The number of nitrogens with zero attached hydrogens (tertiary/aromatic N) is 4. The standard InChI is InChI=1S/C21H22N4O/c26-21(18-9-11-19(12-10-18)25-16-22-15-23-25)24-13-5-4-8-20(24)14-17-6-2-1-3-7-17/h1-3,6-7,9-12,15-16,20H,4-5,8,13-14H2. The van der Waals surface area contributed by atoms with Crippen LogP contribution in [0.4, 0.5) is 0 Å². The highest BCUT2D eigenvalue weighted by atomic mass is 16.2. The zero-order valence-corrected chi connectivity index (χ0v) is 14.7. The summed E-state index contributed by atoms with van der Waals surface area (Å²) in [7, 11) is 0. The molecule has 2 aromatic carbocycles. The van der Waals surface area contributed by atoms with Crippen LogP contribution in [0.5, 0.6) is 0 Å². The number of amides is 1. The van der Waals surface area contributed by atoms with E-state index in [1.807, 2.05) is 30.3 Å². The number of rotatable bonds is 4. The molecule has 132 valence electrons. The van der Waals surface area contributed by atoms with E-state index >= 15 is 0 Å². The first-order valence-corrected chi connectivity index (χ1v) is 9.11. The summed E-state index contributed by atoms with van der Waals surface area (Å²) in [4.78, 5) is 19.1. The van der Waals surface area contributed by atoms with Crippen molar-refractivity contribution in [1.82, 2.24) is 19.7 Å². The van der Waals surface area contributed by atoms with Gasteiger partial charge in [-0.05, 0) is 55.5 Å². The van der Waals surface area contributed by atoms with Gasteiger partial charge in [-0.1, -0.05) is 30.3 Å². The van der Waals surface area contributed by atoms with Crippen molar-refractivity contribution in [3.8, 4) is 5.69 Å². The van der Waals surface area contributed by atoms with Gasteiger partial charge in [0, 0.05) is 18.2 Å². The monoisotopic (exact) mass is 346 g/mol. The summed E-state index contributed by atoms with van der Waals surface area (Å²) in [5, 5.41) is 4.12. The molecule has 1 atom stereocenters. The summed E-state index contributed by atoms with van der Waals surface area (Å²) < 4.78 is 1.69. The van der Waals surface area contributed by atoms with Crippen molar-refractivity contribution < 1.29 is 4.79 Å². The van der Waals surface area contributed by atoms with Gasteiger partial charge in [-0.3, -0.25) is 4.79 Å². The van der Waals surface area contributed by atoms with Crippen molar-refractivity contribution in [2.24, 2.45) is 0 Å². The highest BCUT2D eigenvalue weighted by Crippen LogP contribution is 2.23. The first-order valence-electron chi connectivity index (χ1n) is 9.11. The smallest absolute Gasteiger partial charge is 0.254 e. The van der Waals surface area contributed by atoms with Crippen LogP contribution in [0.1, 0.15) is 35.2 Å². The van der Waals surface area contributed by atoms with Crippen LogP contribution in [-0.4, -0.2) is 38.2 Å².